The maximum absolute atomic E-state index is 10.1. The van der Waals surface area contributed by atoms with Gasteiger partial charge in [0.25, 0.3) is 0 Å². The average Bonchev–Trinajstić information content (AvgIpc) is 3.49. The molecule has 174 valence electrons. The van der Waals surface area contributed by atoms with Crippen molar-refractivity contribution >= 4 is 43.6 Å². The van der Waals surface area contributed by atoms with Gasteiger partial charge in [-0.25, -0.2) is 0 Å². The molecule has 2 aromatic heterocycles. The van der Waals surface area contributed by atoms with Gasteiger partial charge in [0.1, 0.15) is 12.1 Å². The molecule has 0 aliphatic carbocycles. The number of para-hydroxylation sites is 3. The molecule has 0 fully saturated rings. The normalized spacial score (nSPS) is 11.1. The minimum atomic E-state index is 0.287. The van der Waals surface area contributed by atoms with Crippen LogP contribution in [0.3, 0.4) is 0 Å². The zero-order valence-corrected chi connectivity index (χ0v) is 20.1. The molecule has 5 nitrogen and oxygen atoms in total. The lowest BCUT2D eigenvalue weighted by Gasteiger charge is -2.12. The second-order valence-electron chi connectivity index (χ2n) is 9.15. The summed E-state index contributed by atoms with van der Waals surface area (Å²) >= 11 is 0. The molecule has 0 aliphatic rings. The largest absolute Gasteiger partial charge is 0.309 e. The van der Waals surface area contributed by atoms with Crippen molar-refractivity contribution in [1.82, 2.24) is 9.13 Å². The summed E-state index contributed by atoms with van der Waals surface area (Å²) in [6, 6.07) is 40.6. The highest BCUT2D eigenvalue weighted by atomic mass is 15.0. The first-order chi connectivity index (χ1) is 18.7. The Balaban J connectivity index is 1.73. The first kappa shape index (κ1) is 21.5. The van der Waals surface area contributed by atoms with E-state index in [1.165, 1.54) is 0 Å². The van der Waals surface area contributed by atoms with E-state index in [9.17, 15) is 15.8 Å². The molecule has 0 atom stereocenters. The summed E-state index contributed by atoms with van der Waals surface area (Å²) < 4.78 is 4.27. The fraction of sp³-hybridized carbons (Fsp3) is 0. The molecule has 0 saturated heterocycles. The molecule has 7 rings (SSSR count). The molecule has 0 saturated carbocycles. The summed E-state index contributed by atoms with van der Waals surface area (Å²) in [5.74, 6) is 0. The van der Waals surface area contributed by atoms with Crippen LogP contribution in [0.15, 0.2) is 103 Å². The van der Waals surface area contributed by atoms with E-state index in [-0.39, 0.29) is 16.7 Å². The molecule has 2 heterocycles. The number of rotatable bonds is 2. The van der Waals surface area contributed by atoms with Gasteiger partial charge in [0.05, 0.1) is 50.5 Å². The van der Waals surface area contributed by atoms with E-state index in [0.717, 1.165) is 49.3 Å². The number of aromatic nitrogens is 2. The molecule has 0 bridgehead atoms. The van der Waals surface area contributed by atoms with Crippen LogP contribution in [-0.2, 0) is 0 Å². The Morgan fingerprint density at radius 1 is 0.474 bits per heavy atom. The van der Waals surface area contributed by atoms with E-state index in [2.05, 4.69) is 77.4 Å². The van der Waals surface area contributed by atoms with E-state index in [1.807, 2.05) is 41.0 Å². The summed E-state index contributed by atoms with van der Waals surface area (Å²) in [5.41, 5.74) is 6.40. The number of benzene rings is 5. The van der Waals surface area contributed by atoms with Crippen LogP contribution in [0.5, 0.6) is 0 Å². The monoisotopic (exact) mass is 483 g/mol. The van der Waals surface area contributed by atoms with Gasteiger partial charge >= 0.3 is 0 Å². The van der Waals surface area contributed by atoms with Gasteiger partial charge in [-0.3, -0.25) is 0 Å². The predicted molar refractivity (Wildman–Crippen MR) is 149 cm³/mol. The highest BCUT2D eigenvalue weighted by molar-refractivity contribution is 6.29. The predicted octanol–water partition coefficient (Wildman–Crippen LogP) is 7.50. The van der Waals surface area contributed by atoms with Crippen LogP contribution < -0.4 is 0 Å². The van der Waals surface area contributed by atoms with E-state index >= 15 is 0 Å². The maximum atomic E-state index is 10.1. The smallest absolute Gasteiger partial charge is 0.101 e. The van der Waals surface area contributed by atoms with E-state index in [0.29, 0.717) is 5.69 Å². The van der Waals surface area contributed by atoms with Crippen molar-refractivity contribution in [3.05, 3.63) is 120 Å². The van der Waals surface area contributed by atoms with Gasteiger partial charge in [0.2, 0.25) is 0 Å². The van der Waals surface area contributed by atoms with Crippen LogP contribution >= 0.6 is 0 Å². The minimum Gasteiger partial charge on any atom is -0.309 e. The standard InChI is InChI=1S/C33H17N5/c34-18-21-16-22(19-35)33(23(17-21)20-36)38-28-13-7-5-11-26(28)32-30(38)15-14-29-31(32)25-10-4-6-12-27(25)37(29)24-8-2-1-3-9-24/h1-17H. The molecule has 38 heavy (non-hydrogen) atoms. The SMILES string of the molecule is N#Cc1cc(C#N)c(-n2c3ccccc3c3c4c5ccccc5n(-c5ccccc5)c4ccc32)c(C#N)c1. The molecule has 0 amide bonds. The molecule has 0 aliphatic heterocycles. The Morgan fingerprint density at radius 2 is 0.974 bits per heavy atom. The third kappa shape index (κ3) is 2.83. The van der Waals surface area contributed by atoms with Crippen molar-refractivity contribution in [3.63, 3.8) is 0 Å². The van der Waals surface area contributed by atoms with Gasteiger partial charge in [-0.1, -0.05) is 54.6 Å². The molecular weight excluding hydrogens is 466 g/mol. The third-order valence-electron chi connectivity index (χ3n) is 7.19. The van der Waals surface area contributed by atoms with Crippen molar-refractivity contribution in [2.24, 2.45) is 0 Å². The zero-order valence-electron chi connectivity index (χ0n) is 20.1. The fourth-order valence-electron chi connectivity index (χ4n) is 5.72. The number of nitriles is 3. The van der Waals surface area contributed by atoms with Crippen LogP contribution in [-0.4, -0.2) is 9.13 Å². The van der Waals surface area contributed by atoms with Crippen molar-refractivity contribution in [2.45, 2.75) is 0 Å². The molecule has 0 radical (unpaired) electrons. The molecule has 7 aromatic rings. The lowest BCUT2D eigenvalue weighted by Crippen LogP contribution is -2.02. The Hall–Kier alpha value is -5.83. The van der Waals surface area contributed by atoms with Gasteiger partial charge in [-0.05, 0) is 48.5 Å². The number of fused-ring (bicyclic) bond motifs is 7. The number of hydrogen-bond donors (Lipinski definition) is 0. The van der Waals surface area contributed by atoms with Crippen LogP contribution in [0.4, 0.5) is 0 Å². The molecule has 0 unspecified atom stereocenters. The van der Waals surface area contributed by atoms with Crippen molar-refractivity contribution in [1.29, 1.82) is 15.8 Å². The quantitative estimate of drug-likeness (QED) is 0.255. The summed E-state index contributed by atoms with van der Waals surface area (Å²) in [4.78, 5) is 0. The molecular formula is C33H17N5. The van der Waals surface area contributed by atoms with Crippen LogP contribution in [0.1, 0.15) is 16.7 Å². The van der Waals surface area contributed by atoms with Crippen molar-refractivity contribution in [2.75, 3.05) is 0 Å². The lowest BCUT2D eigenvalue weighted by molar-refractivity contribution is 1.15. The summed E-state index contributed by atoms with van der Waals surface area (Å²) in [6.45, 7) is 0. The Labute approximate surface area is 217 Å². The molecule has 0 spiro atoms. The topological polar surface area (TPSA) is 81.2 Å². The Morgan fingerprint density at radius 3 is 1.53 bits per heavy atom. The Kier molecular flexibility index (Phi) is 4.57. The molecule has 5 heteroatoms. The first-order valence-electron chi connectivity index (χ1n) is 12.1. The van der Waals surface area contributed by atoms with Gasteiger partial charge in [-0.2, -0.15) is 15.8 Å². The van der Waals surface area contributed by atoms with Gasteiger partial charge < -0.3 is 9.13 Å². The third-order valence-corrected chi connectivity index (χ3v) is 7.19. The van der Waals surface area contributed by atoms with Gasteiger partial charge in [0, 0.05) is 27.2 Å². The van der Waals surface area contributed by atoms with E-state index in [4.69, 9.17) is 0 Å². The second-order valence-corrected chi connectivity index (χ2v) is 9.15. The molecule has 0 N–H and O–H groups in total. The van der Waals surface area contributed by atoms with Crippen LogP contribution in [0.2, 0.25) is 0 Å². The molecule has 5 aromatic carbocycles. The second kappa shape index (κ2) is 8.10. The number of hydrogen-bond acceptors (Lipinski definition) is 3. The zero-order chi connectivity index (χ0) is 25.8. The van der Waals surface area contributed by atoms with E-state index < -0.39 is 0 Å². The number of nitrogens with zero attached hydrogens (tertiary/aromatic N) is 5. The van der Waals surface area contributed by atoms with E-state index in [1.54, 1.807) is 12.1 Å². The summed E-state index contributed by atoms with van der Waals surface area (Å²) in [5, 5.41) is 33.9. The van der Waals surface area contributed by atoms with Gasteiger partial charge in [0.15, 0.2) is 0 Å². The Bertz CT molecular complexity index is 2180. The van der Waals surface area contributed by atoms with Crippen molar-refractivity contribution < 1.29 is 0 Å². The summed E-state index contributed by atoms with van der Waals surface area (Å²) in [6.07, 6.45) is 0. The maximum Gasteiger partial charge on any atom is 0.101 e. The van der Waals surface area contributed by atoms with Crippen LogP contribution in [0.25, 0.3) is 55.0 Å². The van der Waals surface area contributed by atoms with Crippen LogP contribution in [0, 0.1) is 34.0 Å². The lowest BCUT2D eigenvalue weighted by atomic mass is 10.0. The highest BCUT2D eigenvalue weighted by Gasteiger charge is 2.23. The van der Waals surface area contributed by atoms with Gasteiger partial charge in [-0.15, -0.1) is 0 Å². The fourth-order valence-corrected chi connectivity index (χ4v) is 5.72. The summed E-state index contributed by atoms with van der Waals surface area (Å²) in [7, 11) is 0. The first-order valence-corrected chi connectivity index (χ1v) is 12.1. The minimum absolute atomic E-state index is 0.287. The van der Waals surface area contributed by atoms with Crippen molar-refractivity contribution in [3.8, 4) is 29.6 Å². The highest BCUT2D eigenvalue weighted by Crippen LogP contribution is 2.42. The average molecular weight is 484 g/mol.